The monoisotopic (exact) mass is 217 g/mol. The summed E-state index contributed by atoms with van der Waals surface area (Å²) in [4.78, 5) is 0.863. The maximum absolute atomic E-state index is 9.48. The molecule has 1 fully saturated rings. The Kier molecular flexibility index (Phi) is 2.27. The molecule has 0 radical (unpaired) electrons. The fraction of sp³-hybridized carbons (Fsp3) is 0.500. The summed E-state index contributed by atoms with van der Waals surface area (Å²) >= 11 is 0. The van der Waals surface area contributed by atoms with Crippen LogP contribution in [0.5, 0.6) is 0 Å². The van der Waals surface area contributed by atoms with Crippen LogP contribution in [0.3, 0.4) is 0 Å². The lowest BCUT2D eigenvalue weighted by atomic mass is 9.84. The Morgan fingerprint density at radius 3 is 2.81 bits per heavy atom. The number of rotatable bonds is 1. The van der Waals surface area contributed by atoms with Gasteiger partial charge in [-0.25, -0.2) is 0 Å². The summed E-state index contributed by atoms with van der Waals surface area (Å²) in [7, 11) is 0. The van der Waals surface area contributed by atoms with Gasteiger partial charge in [-0.1, -0.05) is 30.2 Å². The van der Waals surface area contributed by atoms with E-state index in [1.165, 1.54) is 37.7 Å². The molecule has 3 rings (SSSR count). The minimum absolute atomic E-state index is 0.646. The summed E-state index contributed by atoms with van der Waals surface area (Å²) in [6.45, 7) is 0. The summed E-state index contributed by atoms with van der Waals surface area (Å²) < 4.78 is 0. The molecule has 1 aromatic heterocycles. The van der Waals surface area contributed by atoms with Crippen molar-refractivity contribution in [3.8, 4) is 0 Å². The molecule has 0 spiro atoms. The SMILES string of the molecule is On1nnc2ccc(C3CCCCC3)cc21. The van der Waals surface area contributed by atoms with E-state index in [9.17, 15) is 5.21 Å². The second kappa shape index (κ2) is 3.77. The number of hydrogen-bond donors (Lipinski definition) is 1. The zero-order chi connectivity index (χ0) is 11.0. The second-order valence-electron chi connectivity index (χ2n) is 4.56. The maximum atomic E-state index is 9.48. The van der Waals surface area contributed by atoms with Gasteiger partial charge in [0.05, 0.1) is 0 Å². The molecule has 1 N–H and O–H groups in total. The summed E-state index contributed by atoms with van der Waals surface area (Å²) in [5, 5.41) is 16.9. The van der Waals surface area contributed by atoms with E-state index < -0.39 is 0 Å². The van der Waals surface area contributed by atoms with Crippen molar-refractivity contribution in [2.75, 3.05) is 0 Å². The predicted molar refractivity (Wildman–Crippen MR) is 60.5 cm³/mol. The Bertz CT molecular complexity index is 500. The summed E-state index contributed by atoms with van der Waals surface area (Å²) in [6, 6.07) is 6.08. The third-order valence-electron chi connectivity index (χ3n) is 3.53. The van der Waals surface area contributed by atoms with Crippen molar-refractivity contribution in [1.29, 1.82) is 0 Å². The van der Waals surface area contributed by atoms with E-state index in [0.29, 0.717) is 11.4 Å². The van der Waals surface area contributed by atoms with Gasteiger partial charge in [-0.2, -0.15) is 0 Å². The van der Waals surface area contributed by atoms with Gasteiger partial charge >= 0.3 is 0 Å². The van der Waals surface area contributed by atoms with E-state index in [4.69, 9.17) is 0 Å². The molecular weight excluding hydrogens is 202 g/mol. The van der Waals surface area contributed by atoms with E-state index in [-0.39, 0.29) is 0 Å². The summed E-state index contributed by atoms with van der Waals surface area (Å²) in [6.07, 6.45) is 6.52. The van der Waals surface area contributed by atoms with Gasteiger partial charge in [-0.15, -0.1) is 5.10 Å². The van der Waals surface area contributed by atoms with Gasteiger partial charge < -0.3 is 5.21 Å². The van der Waals surface area contributed by atoms with Gasteiger partial charge in [0.15, 0.2) is 0 Å². The number of benzene rings is 1. The largest absolute Gasteiger partial charge is 0.410 e. The van der Waals surface area contributed by atoms with Crippen molar-refractivity contribution in [2.24, 2.45) is 0 Å². The molecule has 1 aliphatic carbocycles. The minimum Gasteiger partial charge on any atom is -0.410 e. The van der Waals surface area contributed by atoms with Gasteiger partial charge in [0, 0.05) is 0 Å². The molecular formula is C12H15N3O. The molecule has 0 unspecified atom stereocenters. The molecule has 1 heterocycles. The van der Waals surface area contributed by atoms with Crippen LogP contribution in [0.2, 0.25) is 0 Å². The first-order valence-electron chi connectivity index (χ1n) is 5.89. The van der Waals surface area contributed by atoms with Gasteiger partial charge in [0.25, 0.3) is 0 Å². The molecule has 1 aliphatic rings. The van der Waals surface area contributed by atoms with Crippen molar-refractivity contribution in [1.82, 2.24) is 15.2 Å². The third kappa shape index (κ3) is 1.54. The Balaban J connectivity index is 1.99. The van der Waals surface area contributed by atoms with E-state index >= 15 is 0 Å². The fourth-order valence-corrected chi connectivity index (χ4v) is 2.61. The van der Waals surface area contributed by atoms with Gasteiger partial charge in [0.2, 0.25) is 0 Å². The van der Waals surface area contributed by atoms with Crippen LogP contribution in [0.4, 0.5) is 0 Å². The normalized spacial score (nSPS) is 18.0. The Labute approximate surface area is 93.8 Å². The second-order valence-corrected chi connectivity index (χ2v) is 4.56. The molecule has 0 saturated heterocycles. The highest BCUT2D eigenvalue weighted by Gasteiger charge is 2.16. The minimum atomic E-state index is 0.646. The van der Waals surface area contributed by atoms with Crippen LogP contribution in [0.1, 0.15) is 43.6 Å². The standard InChI is InChI=1S/C12H15N3O/c16-15-12-8-10(6-7-11(12)13-14-15)9-4-2-1-3-5-9/h6-9,16H,1-5H2. The van der Waals surface area contributed by atoms with E-state index in [0.717, 1.165) is 10.4 Å². The average molecular weight is 217 g/mol. The van der Waals surface area contributed by atoms with Crippen LogP contribution in [-0.2, 0) is 0 Å². The first-order valence-corrected chi connectivity index (χ1v) is 5.89. The molecule has 2 aromatic rings. The Morgan fingerprint density at radius 1 is 1.19 bits per heavy atom. The highest BCUT2D eigenvalue weighted by molar-refractivity contribution is 5.74. The first-order chi connectivity index (χ1) is 7.84. The average Bonchev–Trinajstić information content (AvgIpc) is 2.72. The van der Waals surface area contributed by atoms with Crippen LogP contribution in [0.25, 0.3) is 11.0 Å². The molecule has 84 valence electrons. The van der Waals surface area contributed by atoms with Crippen molar-refractivity contribution >= 4 is 11.0 Å². The number of nitrogens with zero attached hydrogens (tertiary/aromatic N) is 3. The van der Waals surface area contributed by atoms with E-state index in [2.05, 4.69) is 16.4 Å². The van der Waals surface area contributed by atoms with Crippen LogP contribution in [-0.4, -0.2) is 20.4 Å². The predicted octanol–water partition coefficient (Wildman–Crippen LogP) is 2.72. The number of aromatic nitrogens is 3. The molecule has 4 nitrogen and oxygen atoms in total. The smallest absolute Gasteiger partial charge is 0.130 e. The Morgan fingerprint density at radius 2 is 2.00 bits per heavy atom. The molecule has 4 heteroatoms. The maximum Gasteiger partial charge on any atom is 0.130 e. The quantitative estimate of drug-likeness (QED) is 0.747. The Hall–Kier alpha value is -1.58. The van der Waals surface area contributed by atoms with Crippen molar-refractivity contribution in [3.63, 3.8) is 0 Å². The van der Waals surface area contributed by atoms with Crippen LogP contribution in [0.15, 0.2) is 18.2 Å². The summed E-state index contributed by atoms with van der Waals surface area (Å²) in [5.74, 6) is 0.646. The zero-order valence-electron chi connectivity index (χ0n) is 9.13. The zero-order valence-corrected chi connectivity index (χ0v) is 9.13. The molecule has 1 saturated carbocycles. The van der Waals surface area contributed by atoms with Gasteiger partial charge in [-0.05, 0) is 41.7 Å². The number of fused-ring (bicyclic) bond motifs is 1. The van der Waals surface area contributed by atoms with Crippen LogP contribution < -0.4 is 0 Å². The van der Waals surface area contributed by atoms with Crippen molar-refractivity contribution in [3.05, 3.63) is 23.8 Å². The fourth-order valence-electron chi connectivity index (χ4n) is 2.61. The third-order valence-corrected chi connectivity index (χ3v) is 3.53. The van der Waals surface area contributed by atoms with Crippen LogP contribution in [0, 0.1) is 0 Å². The van der Waals surface area contributed by atoms with E-state index in [1.54, 1.807) is 0 Å². The summed E-state index contributed by atoms with van der Waals surface area (Å²) in [5.41, 5.74) is 2.77. The van der Waals surface area contributed by atoms with Gasteiger partial charge in [-0.3, -0.25) is 0 Å². The van der Waals surface area contributed by atoms with E-state index in [1.807, 2.05) is 12.1 Å². The highest BCUT2D eigenvalue weighted by Crippen LogP contribution is 2.33. The van der Waals surface area contributed by atoms with Gasteiger partial charge in [0.1, 0.15) is 11.0 Å². The highest BCUT2D eigenvalue weighted by atomic mass is 16.5. The topological polar surface area (TPSA) is 50.9 Å². The molecule has 16 heavy (non-hydrogen) atoms. The molecule has 0 atom stereocenters. The molecule has 0 amide bonds. The van der Waals surface area contributed by atoms with Crippen LogP contribution >= 0.6 is 0 Å². The lowest BCUT2D eigenvalue weighted by Crippen LogP contribution is -2.04. The number of hydrogen-bond acceptors (Lipinski definition) is 3. The lowest BCUT2D eigenvalue weighted by molar-refractivity contribution is 0.154. The molecule has 1 aromatic carbocycles. The van der Waals surface area contributed by atoms with Crippen molar-refractivity contribution in [2.45, 2.75) is 38.0 Å². The van der Waals surface area contributed by atoms with Crippen molar-refractivity contribution < 1.29 is 5.21 Å². The first kappa shape index (κ1) is 9.63. The molecule has 0 aliphatic heterocycles. The lowest BCUT2D eigenvalue weighted by Gasteiger charge is -2.21. The molecule has 0 bridgehead atoms.